The molecule has 0 radical (unpaired) electrons. The van der Waals surface area contributed by atoms with Crippen LogP contribution in [0.4, 0.5) is 0 Å². The third-order valence-corrected chi connectivity index (χ3v) is 4.46. The summed E-state index contributed by atoms with van der Waals surface area (Å²) in [6, 6.07) is 13.0. The van der Waals surface area contributed by atoms with Crippen molar-refractivity contribution in [2.45, 2.75) is 27.0 Å². The highest BCUT2D eigenvalue weighted by Gasteiger charge is 2.16. The third-order valence-electron chi connectivity index (χ3n) is 4.46. The van der Waals surface area contributed by atoms with E-state index in [1.807, 2.05) is 50.2 Å². The molecule has 0 aliphatic carbocycles. The molecule has 3 aromatic rings. The van der Waals surface area contributed by atoms with E-state index in [1.54, 1.807) is 20.3 Å². The molecule has 0 bridgehead atoms. The van der Waals surface area contributed by atoms with E-state index < -0.39 is 0 Å². The molecule has 0 fully saturated rings. The second kappa shape index (κ2) is 9.14. The Labute approximate surface area is 169 Å². The summed E-state index contributed by atoms with van der Waals surface area (Å²) in [4.78, 5) is 12.4. The van der Waals surface area contributed by atoms with Crippen LogP contribution in [0, 0.1) is 13.8 Å². The van der Waals surface area contributed by atoms with Crippen LogP contribution >= 0.6 is 0 Å². The number of nitrogens with zero attached hydrogens (tertiary/aromatic N) is 1. The second-order valence-corrected chi connectivity index (χ2v) is 6.56. The van der Waals surface area contributed by atoms with Crippen LogP contribution in [-0.2, 0) is 13.2 Å². The lowest BCUT2D eigenvalue weighted by molar-refractivity contribution is 0.0941. The van der Waals surface area contributed by atoms with Gasteiger partial charge in [0, 0.05) is 6.07 Å². The van der Waals surface area contributed by atoms with Crippen molar-refractivity contribution in [3.8, 4) is 17.2 Å². The van der Waals surface area contributed by atoms with Crippen molar-refractivity contribution in [2.75, 3.05) is 14.2 Å². The van der Waals surface area contributed by atoms with Gasteiger partial charge < -0.3 is 24.1 Å². The molecule has 7 nitrogen and oxygen atoms in total. The van der Waals surface area contributed by atoms with Crippen LogP contribution in [0.2, 0.25) is 0 Å². The lowest BCUT2D eigenvalue weighted by Crippen LogP contribution is -2.23. The Morgan fingerprint density at radius 2 is 1.76 bits per heavy atom. The number of amides is 1. The summed E-state index contributed by atoms with van der Waals surface area (Å²) in [5.41, 5.74) is 3.06. The molecule has 0 aliphatic rings. The van der Waals surface area contributed by atoms with E-state index in [-0.39, 0.29) is 24.8 Å². The molecule has 1 aromatic heterocycles. The van der Waals surface area contributed by atoms with Gasteiger partial charge in [-0.3, -0.25) is 4.79 Å². The number of nitrogens with one attached hydrogen (secondary N) is 1. The molecule has 0 aliphatic heterocycles. The number of aryl methyl sites for hydroxylation is 2. The van der Waals surface area contributed by atoms with Crippen molar-refractivity contribution in [3.63, 3.8) is 0 Å². The van der Waals surface area contributed by atoms with Gasteiger partial charge in [-0.2, -0.15) is 0 Å². The maximum Gasteiger partial charge on any atom is 0.273 e. The average molecular weight is 396 g/mol. The van der Waals surface area contributed by atoms with Crippen LogP contribution in [0.25, 0.3) is 0 Å². The van der Waals surface area contributed by atoms with Gasteiger partial charge in [-0.15, -0.1) is 0 Å². The first-order chi connectivity index (χ1) is 14.0. The van der Waals surface area contributed by atoms with Crippen LogP contribution in [-0.4, -0.2) is 25.3 Å². The highest BCUT2D eigenvalue weighted by molar-refractivity contribution is 5.92. The van der Waals surface area contributed by atoms with Crippen LogP contribution in [0.5, 0.6) is 17.2 Å². The number of carbonyl (C=O) groups is 1. The van der Waals surface area contributed by atoms with Gasteiger partial charge in [0.2, 0.25) is 0 Å². The average Bonchev–Trinajstić information content (AvgIpc) is 3.21. The van der Waals surface area contributed by atoms with Gasteiger partial charge in [-0.05, 0) is 43.2 Å². The zero-order valence-electron chi connectivity index (χ0n) is 16.9. The minimum absolute atomic E-state index is 0.179. The fourth-order valence-electron chi connectivity index (χ4n) is 2.86. The van der Waals surface area contributed by atoms with Gasteiger partial charge in [0.15, 0.2) is 11.5 Å². The van der Waals surface area contributed by atoms with E-state index in [2.05, 4.69) is 10.5 Å². The van der Waals surface area contributed by atoms with Gasteiger partial charge in [-0.25, -0.2) is 0 Å². The summed E-state index contributed by atoms with van der Waals surface area (Å²) in [6.07, 6.45) is 0. The van der Waals surface area contributed by atoms with E-state index in [0.717, 1.165) is 22.4 Å². The van der Waals surface area contributed by atoms with Crippen LogP contribution in [0.15, 0.2) is 47.0 Å². The predicted molar refractivity (Wildman–Crippen MR) is 107 cm³/mol. The number of rotatable bonds is 8. The number of benzene rings is 2. The number of hydrogen-bond acceptors (Lipinski definition) is 6. The molecule has 7 heteroatoms. The maximum absolute atomic E-state index is 12.4. The summed E-state index contributed by atoms with van der Waals surface area (Å²) < 4.78 is 21.7. The van der Waals surface area contributed by atoms with E-state index in [1.165, 1.54) is 0 Å². The van der Waals surface area contributed by atoms with Gasteiger partial charge in [-0.1, -0.05) is 23.4 Å². The van der Waals surface area contributed by atoms with Gasteiger partial charge >= 0.3 is 0 Å². The Balaban J connectivity index is 1.62. The molecule has 0 spiro atoms. The Bertz CT molecular complexity index is 974. The highest BCUT2D eigenvalue weighted by Crippen LogP contribution is 2.28. The normalized spacial score (nSPS) is 10.5. The molecule has 1 amide bonds. The molecular formula is C22H24N2O5. The number of hydrogen-bond donors (Lipinski definition) is 1. The summed E-state index contributed by atoms with van der Waals surface area (Å²) in [5, 5.41) is 6.64. The van der Waals surface area contributed by atoms with E-state index in [4.69, 9.17) is 18.7 Å². The largest absolute Gasteiger partial charge is 0.496 e. The zero-order valence-corrected chi connectivity index (χ0v) is 16.9. The number of ether oxygens (including phenoxy) is 3. The smallest absolute Gasteiger partial charge is 0.273 e. The molecule has 0 atom stereocenters. The lowest BCUT2D eigenvalue weighted by atomic mass is 10.1. The fraction of sp³-hybridized carbons (Fsp3) is 0.273. The van der Waals surface area contributed by atoms with Crippen molar-refractivity contribution < 1.29 is 23.5 Å². The van der Waals surface area contributed by atoms with E-state index in [0.29, 0.717) is 17.3 Å². The second-order valence-electron chi connectivity index (χ2n) is 6.56. The molecule has 0 saturated heterocycles. The Morgan fingerprint density at radius 3 is 2.45 bits per heavy atom. The highest BCUT2D eigenvalue weighted by atomic mass is 16.5. The van der Waals surface area contributed by atoms with Crippen molar-refractivity contribution in [1.29, 1.82) is 0 Å². The standard InChI is InChI=1S/C22H24N2O5/c1-14-8-9-15(2)21(10-14)28-13-16-11-18(24-29-16)22(25)23-12-17-19(26-3)6-5-7-20(17)27-4/h5-11H,12-13H2,1-4H3,(H,23,25). The van der Waals surface area contributed by atoms with Crippen LogP contribution < -0.4 is 19.5 Å². The monoisotopic (exact) mass is 396 g/mol. The first-order valence-corrected chi connectivity index (χ1v) is 9.15. The van der Waals surface area contributed by atoms with Crippen molar-refractivity contribution in [2.24, 2.45) is 0 Å². The number of carbonyl (C=O) groups excluding carboxylic acids is 1. The van der Waals surface area contributed by atoms with Crippen LogP contribution in [0.3, 0.4) is 0 Å². The molecule has 3 rings (SSSR count). The number of aromatic nitrogens is 1. The molecular weight excluding hydrogens is 372 g/mol. The van der Waals surface area contributed by atoms with Gasteiger partial charge in [0.05, 0.1) is 26.3 Å². The predicted octanol–water partition coefficient (Wildman–Crippen LogP) is 3.82. The fourth-order valence-corrected chi connectivity index (χ4v) is 2.86. The summed E-state index contributed by atoms with van der Waals surface area (Å²) >= 11 is 0. The quantitative estimate of drug-likeness (QED) is 0.623. The molecule has 0 unspecified atom stereocenters. The maximum atomic E-state index is 12.4. The van der Waals surface area contributed by atoms with Crippen LogP contribution in [0.1, 0.15) is 32.9 Å². The molecule has 1 heterocycles. The summed E-state index contributed by atoms with van der Waals surface area (Å²) in [6.45, 7) is 4.39. The summed E-state index contributed by atoms with van der Waals surface area (Å²) in [5.74, 6) is 2.14. The minimum atomic E-state index is -0.361. The zero-order chi connectivity index (χ0) is 20.8. The molecule has 0 saturated carbocycles. The SMILES string of the molecule is COc1cccc(OC)c1CNC(=O)c1cc(COc2cc(C)ccc2C)on1. The topological polar surface area (TPSA) is 82.8 Å². The van der Waals surface area contributed by atoms with E-state index >= 15 is 0 Å². The minimum Gasteiger partial charge on any atom is -0.496 e. The summed E-state index contributed by atoms with van der Waals surface area (Å²) in [7, 11) is 3.14. The Hall–Kier alpha value is -3.48. The Kier molecular flexibility index (Phi) is 6.39. The first-order valence-electron chi connectivity index (χ1n) is 9.15. The molecule has 2 aromatic carbocycles. The Morgan fingerprint density at radius 1 is 1.03 bits per heavy atom. The van der Waals surface area contributed by atoms with Gasteiger partial charge in [0.25, 0.3) is 5.91 Å². The molecule has 152 valence electrons. The first kappa shape index (κ1) is 20.3. The third kappa shape index (κ3) is 4.87. The van der Waals surface area contributed by atoms with Crippen molar-refractivity contribution >= 4 is 5.91 Å². The number of methoxy groups -OCH3 is 2. The van der Waals surface area contributed by atoms with Crippen molar-refractivity contribution in [1.82, 2.24) is 10.5 Å². The molecule has 29 heavy (non-hydrogen) atoms. The van der Waals surface area contributed by atoms with Gasteiger partial charge in [0.1, 0.15) is 23.9 Å². The lowest BCUT2D eigenvalue weighted by Gasteiger charge is -2.13. The molecule has 1 N–H and O–H groups in total. The van der Waals surface area contributed by atoms with Crippen molar-refractivity contribution in [3.05, 3.63) is 70.6 Å². The van der Waals surface area contributed by atoms with E-state index in [9.17, 15) is 4.79 Å².